The van der Waals surface area contributed by atoms with Crippen LogP contribution in [0.5, 0.6) is 0 Å². The smallest absolute Gasteiger partial charge is 0.332 e. The van der Waals surface area contributed by atoms with E-state index in [1.807, 2.05) is 30.3 Å². The van der Waals surface area contributed by atoms with Gasteiger partial charge in [-0.2, -0.15) is 0 Å². The van der Waals surface area contributed by atoms with Gasteiger partial charge < -0.3 is 10.2 Å². The summed E-state index contributed by atoms with van der Waals surface area (Å²) in [5, 5.41) is 17.5. The van der Waals surface area contributed by atoms with Crippen molar-refractivity contribution in [3.8, 4) is 0 Å². The molecule has 1 aromatic rings. The SMILES string of the molecule is O=C(O)C(O)CCCSc1ccccc1. The molecule has 0 aliphatic heterocycles. The molecule has 0 saturated carbocycles. The molecule has 0 aliphatic rings. The van der Waals surface area contributed by atoms with Gasteiger partial charge in [-0.15, -0.1) is 11.8 Å². The molecule has 1 unspecified atom stereocenters. The van der Waals surface area contributed by atoms with E-state index in [1.54, 1.807) is 11.8 Å². The van der Waals surface area contributed by atoms with E-state index in [0.717, 1.165) is 5.75 Å². The number of benzene rings is 1. The molecule has 3 nitrogen and oxygen atoms in total. The maximum Gasteiger partial charge on any atom is 0.332 e. The molecule has 1 atom stereocenters. The lowest BCUT2D eigenvalue weighted by Crippen LogP contribution is -2.19. The number of hydrogen-bond donors (Lipinski definition) is 2. The van der Waals surface area contributed by atoms with Crippen molar-refractivity contribution in [2.24, 2.45) is 0 Å². The van der Waals surface area contributed by atoms with Gasteiger partial charge in [0, 0.05) is 4.90 Å². The third kappa shape index (κ3) is 4.85. The van der Waals surface area contributed by atoms with Crippen LogP contribution >= 0.6 is 11.8 Å². The van der Waals surface area contributed by atoms with Crippen LogP contribution in [0.2, 0.25) is 0 Å². The first-order valence-electron chi connectivity index (χ1n) is 4.79. The summed E-state index contributed by atoms with van der Waals surface area (Å²) in [7, 11) is 0. The van der Waals surface area contributed by atoms with Gasteiger partial charge in [-0.25, -0.2) is 4.79 Å². The highest BCUT2D eigenvalue weighted by molar-refractivity contribution is 7.99. The molecule has 0 spiro atoms. The number of thioether (sulfide) groups is 1. The van der Waals surface area contributed by atoms with Crippen molar-refractivity contribution in [1.29, 1.82) is 0 Å². The fraction of sp³-hybridized carbons (Fsp3) is 0.364. The van der Waals surface area contributed by atoms with Gasteiger partial charge in [0.25, 0.3) is 0 Å². The molecule has 0 amide bonds. The first-order chi connectivity index (χ1) is 7.20. The molecular weight excluding hydrogens is 212 g/mol. The van der Waals surface area contributed by atoms with Gasteiger partial charge in [-0.05, 0) is 30.7 Å². The molecule has 15 heavy (non-hydrogen) atoms. The van der Waals surface area contributed by atoms with Crippen molar-refractivity contribution in [1.82, 2.24) is 0 Å². The Morgan fingerprint density at radius 2 is 2.00 bits per heavy atom. The van der Waals surface area contributed by atoms with Crippen LogP contribution in [0.1, 0.15) is 12.8 Å². The summed E-state index contributed by atoms with van der Waals surface area (Å²) in [5.41, 5.74) is 0. The Bertz CT molecular complexity index is 300. The predicted molar refractivity (Wildman–Crippen MR) is 60.0 cm³/mol. The summed E-state index contributed by atoms with van der Waals surface area (Å²) in [6.45, 7) is 0. The van der Waals surface area contributed by atoms with Crippen LogP contribution in [0.3, 0.4) is 0 Å². The van der Waals surface area contributed by atoms with Crippen LogP contribution in [0, 0.1) is 0 Å². The Labute approximate surface area is 93.1 Å². The molecular formula is C11H14O3S. The first kappa shape index (κ1) is 12.1. The summed E-state index contributed by atoms with van der Waals surface area (Å²) in [5.74, 6) is -0.311. The fourth-order valence-corrected chi connectivity index (χ4v) is 2.00. The molecule has 0 aromatic heterocycles. The second-order valence-electron chi connectivity index (χ2n) is 3.16. The third-order valence-corrected chi connectivity index (χ3v) is 3.02. The Morgan fingerprint density at radius 3 is 2.60 bits per heavy atom. The Balaban J connectivity index is 2.15. The van der Waals surface area contributed by atoms with Gasteiger partial charge in [0.05, 0.1) is 0 Å². The molecule has 0 radical (unpaired) electrons. The second kappa shape index (κ2) is 6.48. The largest absolute Gasteiger partial charge is 0.479 e. The van der Waals surface area contributed by atoms with Crippen molar-refractivity contribution in [3.63, 3.8) is 0 Å². The van der Waals surface area contributed by atoms with Gasteiger partial charge in [-0.3, -0.25) is 0 Å². The normalized spacial score (nSPS) is 12.3. The highest BCUT2D eigenvalue weighted by atomic mass is 32.2. The van der Waals surface area contributed by atoms with Crippen LogP contribution in [0.15, 0.2) is 35.2 Å². The molecule has 0 bridgehead atoms. The molecule has 0 saturated heterocycles. The number of aliphatic hydroxyl groups excluding tert-OH is 1. The lowest BCUT2D eigenvalue weighted by Gasteiger charge is -2.04. The molecule has 1 aromatic carbocycles. The second-order valence-corrected chi connectivity index (χ2v) is 4.33. The number of carboxylic acid groups (broad SMARTS) is 1. The fourth-order valence-electron chi connectivity index (χ4n) is 1.11. The van der Waals surface area contributed by atoms with Crippen molar-refractivity contribution in [3.05, 3.63) is 30.3 Å². The van der Waals surface area contributed by atoms with Crippen LogP contribution in [-0.2, 0) is 4.79 Å². The number of carbonyl (C=O) groups is 1. The van der Waals surface area contributed by atoms with Gasteiger partial charge >= 0.3 is 5.97 Å². The van der Waals surface area contributed by atoms with E-state index in [9.17, 15) is 4.79 Å². The van der Waals surface area contributed by atoms with E-state index in [2.05, 4.69) is 0 Å². The molecule has 0 aliphatic carbocycles. The minimum atomic E-state index is -1.22. The first-order valence-corrected chi connectivity index (χ1v) is 5.77. The van der Waals surface area contributed by atoms with Crippen molar-refractivity contribution >= 4 is 17.7 Å². The monoisotopic (exact) mass is 226 g/mol. The topological polar surface area (TPSA) is 57.5 Å². The zero-order chi connectivity index (χ0) is 11.1. The van der Waals surface area contributed by atoms with E-state index in [1.165, 1.54) is 4.90 Å². The lowest BCUT2D eigenvalue weighted by atomic mass is 10.2. The molecule has 2 N–H and O–H groups in total. The minimum Gasteiger partial charge on any atom is -0.479 e. The number of rotatable bonds is 6. The molecule has 4 heteroatoms. The third-order valence-electron chi connectivity index (χ3n) is 1.92. The Hall–Kier alpha value is -1.00. The molecule has 0 heterocycles. The lowest BCUT2D eigenvalue weighted by molar-refractivity contribution is -0.146. The average Bonchev–Trinajstić information content (AvgIpc) is 2.25. The van der Waals surface area contributed by atoms with Crippen LogP contribution in [0.25, 0.3) is 0 Å². The van der Waals surface area contributed by atoms with E-state index < -0.39 is 12.1 Å². The van der Waals surface area contributed by atoms with Crippen LogP contribution in [-0.4, -0.2) is 28.0 Å². The Morgan fingerprint density at radius 1 is 1.33 bits per heavy atom. The zero-order valence-corrected chi connectivity index (χ0v) is 9.11. The summed E-state index contributed by atoms with van der Waals surface area (Å²) < 4.78 is 0. The van der Waals surface area contributed by atoms with Crippen LogP contribution < -0.4 is 0 Å². The number of hydrogen-bond acceptors (Lipinski definition) is 3. The minimum absolute atomic E-state index is 0.315. The number of carboxylic acids is 1. The Kier molecular flexibility index (Phi) is 5.21. The quantitative estimate of drug-likeness (QED) is 0.575. The van der Waals surface area contributed by atoms with Gasteiger partial charge in [0.15, 0.2) is 6.10 Å². The van der Waals surface area contributed by atoms with Gasteiger partial charge in [0.2, 0.25) is 0 Å². The number of aliphatic hydroxyl groups is 1. The molecule has 82 valence electrons. The van der Waals surface area contributed by atoms with Crippen molar-refractivity contribution < 1.29 is 15.0 Å². The predicted octanol–water partition coefficient (Wildman–Crippen LogP) is 2.00. The van der Waals surface area contributed by atoms with Crippen molar-refractivity contribution in [2.45, 2.75) is 23.8 Å². The van der Waals surface area contributed by atoms with E-state index in [-0.39, 0.29) is 0 Å². The summed E-state index contributed by atoms with van der Waals surface area (Å²) >= 11 is 1.67. The van der Waals surface area contributed by atoms with Crippen LogP contribution in [0.4, 0.5) is 0 Å². The maximum atomic E-state index is 10.3. The zero-order valence-electron chi connectivity index (χ0n) is 8.30. The summed E-state index contributed by atoms with van der Waals surface area (Å²) in [6, 6.07) is 9.91. The van der Waals surface area contributed by atoms with Crippen molar-refractivity contribution in [2.75, 3.05) is 5.75 Å². The highest BCUT2D eigenvalue weighted by Crippen LogP contribution is 2.18. The van der Waals surface area contributed by atoms with E-state index >= 15 is 0 Å². The number of aliphatic carboxylic acids is 1. The van der Waals surface area contributed by atoms with E-state index in [0.29, 0.717) is 12.8 Å². The van der Waals surface area contributed by atoms with E-state index in [4.69, 9.17) is 10.2 Å². The molecule has 1 rings (SSSR count). The average molecular weight is 226 g/mol. The molecule has 0 fully saturated rings. The maximum absolute atomic E-state index is 10.3. The van der Waals surface area contributed by atoms with Gasteiger partial charge in [-0.1, -0.05) is 18.2 Å². The standard InChI is InChI=1S/C11H14O3S/c12-10(11(13)14)7-4-8-15-9-5-2-1-3-6-9/h1-3,5-6,10,12H,4,7-8H2,(H,13,14). The van der Waals surface area contributed by atoms with Gasteiger partial charge in [0.1, 0.15) is 0 Å². The summed E-state index contributed by atoms with van der Waals surface area (Å²) in [6.07, 6.45) is -0.205. The summed E-state index contributed by atoms with van der Waals surface area (Å²) in [4.78, 5) is 11.5. The highest BCUT2D eigenvalue weighted by Gasteiger charge is 2.11.